The number of aliphatic hydroxyl groups is 1. The molecule has 1 N–H and O–H groups in total. The Morgan fingerprint density at radius 2 is 1.94 bits per heavy atom. The van der Waals surface area contributed by atoms with E-state index in [1.54, 1.807) is 16.8 Å². The fourth-order valence-electron chi connectivity index (χ4n) is 3.99. The predicted molar refractivity (Wildman–Crippen MR) is 125 cm³/mol. The van der Waals surface area contributed by atoms with Crippen LogP contribution in [0, 0.1) is 0 Å². The van der Waals surface area contributed by atoms with Gasteiger partial charge in [-0.3, -0.25) is 4.79 Å². The summed E-state index contributed by atoms with van der Waals surface area (Å²) in [5.41, 5.74) is 3.42. The van der Waals surface area contributed by atoms with Gasteiger partial charge in [-0.2, -0.15) is 0 Å². The first-order valence-electron chi connectivity index (χ1n) is 11.0. The number of fused-ring (bicyclic) bond motifs is 5. The van der Waals surface area contributed by atoms with Crippen LogP contribution in [-0.4, -0.2) is 32.4 Å². The van der Waals surface area contributed by atoms with Gasteiger partial charge in [-0.15, -0.1) is 0 Å². The van der Waals surface area contributed by atoms with Gasteiger partial charge in [0.1, 0.15) is 12.2 Å². The summed E-state index contributed by atoms with van der Waals surface area (Å²) < 4.78 is 6.55. The average Bonchev–Trinajstić information content (AvgIpc) is 3.15. The van der Waals surface area contributed by atoms with Crippen molar-refractivity contribution < 1.29 is 19.5 Å². The predicted octanol–water partition coefficient (Wildman–Crippen LogP) is 3.69. The van der Waals surface area contributed by atoms with Crippen LogP contribution < -0.4 is 5.56 Å². The molecule has 1 unspecified atom stereocenters. The third-order valence-electron chi connectivity index (χ3n) is 5.42. The third-order valence-corrected chi connectivity index (χ3v) is 5.42. The number of hydrogen-bond acceptors (Lipinski definition) is 7. The first kappa shape index (κ1) is 22.7. The van der Waals surface area contributed by atoms with E-state index in [2.05, 4.69) is 5.16 Å². The quantitative estimate of drug-likeness (QED) is 0.284. The van der Waals surface area contributed by atoms with Crippen molar-refractivity contribution in [1.29, 1.82) is 0 Å². The number of esters is 1. The largest absolute Gasteiger partial charge is 0.458 e. The second-order valence-corrected chi connectivity index (χ2v) is 8.67. The van der Waals surface area contributed by atoms with Crippen LogP contribution in [0.2, 0.25) is 0 Å². The Morgan fingerprint density at radius 1 is 1.21 bits per heavy atom. The fraction of sp³-hybridized carbons (Fsp3) is 0.360. The van der Waals surface area contributed by atoms with E-state index >= 15 is 0 Å². The van der Waals surface area contributed by atoms with Crippen molar-refractivity contribution in [2.75, 3.05) is 0 Å². The standard InChI is InChI=1S/C23H21N3O5.C2H6/c1-23(2,3)31-24-9-14-12-6-4-5-7-17(12)25-19-15(14)10-26-18(19)8-13-16(21(26)28)11-30-22(29)20(13)27;1-2/h4-9,20,27H,10-11H2,1-3H3;1-2H3/b24-9+;. The van der Waals surface area contributed by atoms with E-state index in [1.165, 1.54) is 0 Å². The molecule has 2 aliphatic rings. The van der Waals surface area contributed by atoms with Gasteiger partial charge >= 0.3 is 5.97 Å². The van der Waals surface area contributed by atoms with Gasteiger partial charge in [0.25, 0.3) is 5.56 Å². The minimum Gasteiger partial charge on any atom is -0.458 e. The Bertz CT molecular complexity index is 1330. The maximum absolute atomic E-state index is 13.2. The molecule has 5 rings (SSSR count). The van der Waals surface area contributed by atoms with Crippen LogP contribution in [0.15, 0.2) is 40.3 Å². The molecule has 1 aromatic carbocycles. The number of rotatable bonds is 2. The van der Waals surface area contributed by atoms with Gasteiger partial charge in [0.2, 0.25) is 0 Å². The number of benzene rings is 1. The number of hydrogen-bond donors (Lipinski definition) is 1. The highest BCUT2D eigenvalue weighted by Crippen LogP contribution is 2.37. The summed E-state index contributed by atoms with van der Waals surface area (Å²) in [5.74, 6) is -0.756. The number of oxime groups is 1. The molecule has 0 amide bonds. The van der Waals surface area contributed by atoms with Gasteiger partial charge in [0, 0.05) is 22.1 Å². The molecule has 0 saturated carbocycles. The Balaban J connectivity index is 0.00000126. The molecule has 0 radical (unpaired) electrons. The summed E-state index contributed by atoms with van der Waals surface area (Å²) in [4.78, 5) is 35.3. The van der Waals surface area contributed by atoms with Gasteiger partial charge < -0.3 is 19.2 Å². The molecule has 2 aromatic heterocycles. The summed E-state index contributed by atoms with van der Waals surface area (Å²) >= 11 is 0. The lowest BCUT2D eigenvalue weighted by molar-refractivity contribution is -0.157. The van der Waals surface area contributed by atoms with Crippen molar-refractivity contribution >= 4 is 23.1 Å². The molecule has 8 heteroatoms. The summed E-state index contributed by atoms with van der Waals surface area (Å²) in [6, 6.07) is 9.33. The van der Waals surface area contributed by atoms with Gasteiger partial charge in [-0.05, 0) is 32.9 Å². The van der Waals surface area contributed by atoms with Gasteiger partial charge in [-0.1, -0.05) is 37.2 Å². The van der Waals surface area contributed by atoms with Gasteiger partial charge in [0.05, 0.1) is 35.2 Å². The number of carbonyl (C=O) groups is 1. The zero-order chi connectivity index (χ0) is 23.9. The SMILES string of the molecule is CC.CC(C)(C)O/N=C/c1c2c(nc3ccccc13)-c1cc3c(c(=O)n1C2)COC(=O)C3O. The topological polar surface area (TPSA) is 103 Å². The number of para-hydroxylation sites is 1. The number of aliphatic hydroxyl groups excluding tert-OH is 1. The first-order valence-corrected chi connectivity index (χ1v) is 11.0. The van der Waals surface area contributed by atoms with Crippen molar-refractivity contribution in [3.8, 4) is 11.4 Å². The molecular formula is C25H27N3O5. The normalized spacial score (nSPS) is 16.5. The molecule has 172 valence electrons. The highest BCUT2D eigenvalue weighted by Gasteiger charge is 2.34. The lowest BCUT2D eigenvalue weighted by atomic mass is 9.99. The maximum atomic E-state index is 13.2. The Hall–Kier alpha value is -3.52. The molecule has 2 aliphatic heterocycles. The number of cyclic esters (lactones) is 1. The molecule has 33 heavy (non-hydrogen) atoms. The smallest absolute Gasteiger partial charge is 0.340 e. The zero-order valence-corrected chi connectivity index (χ0v) is 19.4. The molecule has 0 bridgehead atoms. The summed E-state index contributed by atoms with van der Waals surface area (Å²) in [7, 11) is 0. The number of nitrogens with zero attached hydrogens (tertiary/aromatic N) is 3. The van der Waals surface area contributed by atoms with Crippen molar-refractivity contribution in [3.63, 3.8) is 0 Å². The van der Waals surface area contributed by atoms with Gasteiger partial charge in [0.15, 0.2) is 6.10 Å². The van der Waals surface area contributed by atoms with Crippen LogP contribution in [0.3, 0.4) is 0 Å². The molecule has 0 saturated heterocycles. The van der Waals surface area contributed by atoms with E-state index in [-0.39, 0.29) is 17.7 Å². The van der Waals surface area contributed by atoms with E-state index in [0.29, 0.717) is 23.5 Å². The van der Waals surface area contributed by atoms with E-state index in [4.69, 9.17) is 14.6 Å². The van der Waals surface area contributed by atoms with E-state index < -0.39 is 17.7 Å². The maximum Gasteiger partial charge on any atom is 0.340 e. The second kappa shape index (κ2) is 8.44. The minimum atomic E-state index is -1.48. The van der Waals surface area contributed by atoms with Crippen molar-refractivity contribution in [1.82, 2.24) is 9.55 Å². The molecule has 0 aliphatic carbocycles. The van der Waals surface area contributed by atoms with Crippen molar-refractivity contribution in [3.05, 3.63) is 62.9 Å². The minimum absolute atomic E-state index is 0.149. The summed E-state index contributed by atoms with van der Waals surface area (Å²) in [6.45, 7) is 9.88. The molecule has 3 aromatic rings. The highest BCUT2D eigenvalue weighted by atomic mass is 16.6. The number of pyridine rings is 2. The number of ether oxygens (including phenoxy) is 1. The van der Waals surface area contributed by atoms with Crippen LogP contribution in [0.5, 0.6) is 0 Å². The third kappa shape index (κ3) is 3.91. The summed E-state index contributed by atoms with van der Waals surface area (Å²) in [5, 5.41) is 15.3. The molecule has 1 atom stereocenters. The Morgan fingerprint density at radius 3 is 2.67 bits per heavy atom. The lowest BCUT2D eigenvalue weighted by Crippen LogP contribution is -2.32. The zero-order valence-electron chi connectivity index (χ0n) is 19.4. The Labute approximate surface area is 191 Å². The molecule has 0 spiro atoms. The number of aromatic nitrogens is 2. The van der Waals surface area contributed by atoms with Crippen LogP contribution in [0.4, 0.5) is 0 Å². The average molecular weight is 450 g/mol. The van der Waals surface area contributed by atoms with E-state index in [9.17, 15) is 14.7 Å². The van der Waals surface area contributed by atoms with Crippen LogP contribution in [-0.2, 0) is 27.5 Å². The molecule has 4 heterocycles. The molecule has 0 fully saturated rings. The second-order valence-electron chi connectivity index (χ2n) is 8.67. The van der Waals surface area contributed by atoms with Crippen LogP contribution in [0.1, 0.15) is 63.0 Å². The number of carbonyl (C=O) groups excluding carboxylic acids is 1. The van der Waals surface area contributed by atoms with Crippen molar-refractivity contribution in [2.45, 2.75) is 59.5 Å². The fourth-order valence-corrected chi connectivity index (χ4v) is 3.99. The van der Waals surface area contributed by atoms with Crippen molar-refractivity contribution in [2.24, 2.45) is 5.16 Å². The van der Waals surface area contributed by atoms with Gasteiger partial charge in [-0.25, -0.2) is 9.78 Å². The summed E-state index contributed by atoms with van der Waals surface area (Å²) in [6.07, 6.45) is 0.180. The first-order chi connectivity index (χ1) is 15.7. The van der Waals surface area contributed by atoms with E-state index in [0.717, 1.165) is 22.0 Å². The highest BCUT2D eigenvalue weighted by molar-refractivity contribution is 6.02. The van der Waals surface area contributed by atoms with Crippen LogP contribution >= 0.6 is 0 Å². The van der Waals surface area contributed by atoms with E-state index in [1.807, 2.05) is 58.9 Å². The molecule has 8 nitrogen and oxygen atoms in total. The van der Waals surface area contributed by atoms with Crippen LogP contribution in [0.25, 0.3) is 22.3 Å². The lowest BCUT2D eigenvalue weighted by Gasteiger charge is -2.21. The monoisotopic (exact) mass is 449 g/mol. The Kier molecular flexibility index (Phi) is 5.80. The molecular weight excluding hydrogens is 422 g/mol.